The number of carbonyl (C=O) groups is 2. The predicted octanol–water partition coefficient (Wildman–Crippen LogP) is -0.373. The van der Waals surface area contributed by atoms with Crippen LogP contribution in [0.25, 0.3) is 0 Å². The monoisotopic (exact) mass is 227 g/mol. The molecule has 0 saturated carbocycles. The number of nitrogens with one attached hydrogen (secondary N) is 3. The second kappa shape index (κ2) is 6.48. The molecule has 0 aromatic carbocycles. The summed E-state index contributed by atoms with van der Waals surface area (Å²) in [6.07, 6.45) is 0.922. The SMILES string of the molecule is CC(C)NC(=O)CCNC(=O)CC1CNC1. The summed E-state index contributed by atoms with van der Waals surface area (Å²) in [5, 5.41) is 8.66. The first kappa shape index (κ1) is 13.0. The summed E-state index contributed by atoms with van der Waals surface area (Å²) in [5.41, 5.74) is 0. The van der Waals surface area contributed by atoms with Crippen LogP contribution >= 0.6 is 0 Å². The molecule has 1 rings (SSSR count). The van der Waals surface area contributed by atoms with E-state index in [1.165, 1.54) is 0 Å². The fourth-order valence-electron chi connectivity index (χ4n) is 1.54. The summed E-state index contributed by atoms with van der Waals surface area (Å²) in [5.74, 6) is 0.508. The van der Waals surface area contributed by atoms with Crippen molar-refractivity contribution in [2.45, 2.75) is 32.7 Å². The van der Waals surface area contributed by atoms with Crippen molar-refractivity contribution in [2.75, 3.05) is 19.6 Å². The van der Waals surface area contributed by atoms with Crippen molar-refractivity contribution < 1.29 is 9.59 Å². The molecule has 1 aliphatic heterocycles. The quantitative estimate of drug-likeness (QED) is 0.579. The number of amides is 2. The molecule has 0 spiro atoms. The Kier molecular flexibility index (Phi) is 5.25. The Bertz CT molecular complexity index is 250. The highest BCUT2D eigenvalue weighted by molar-refractivity contribution is 5.79. The molecule has 0 aromatic heterocycles. The third-order valence-corrected chi connectivity index (χ3v) is 2.46. The average Bonchev–Trinajstić information content (AvgIpc) is 2.10. The van der Waals surface area contributed by atoms with Crippen molar-refractivity contribution in [1.82, 2.24) is 16.0 Å². The highest BCUT2D eigenvalue weighted by Gasteiger charge is 2.19. The van der Waals surface area contributed by atoms with E-state index < -0.39 is 0 Å². The second-order valence-corrected chi connectivity index (χ2v) is 4.55. The van der Waals surface area contributed by atoms with E-state index in [0.717, 1.165) is 13.1 Å². The van der Waals surface area contributed by atoms with Crippen LogP contribution in [-0.2, 0) is 9.59 Å². The number of carbonyl (C=O) groups excluding carboxylic acids is 2. The number of rotatable bonds is 6. The first-order valence-electron chi connectivity index (χ1n) is 5.84. The summed E-state index contributed by atoms with van der Waals surface area (Å²) < 4.78 is 0. The fourth-order valence-corrected chi connectivity index (χ4v) is 1.54. The summed E-state index contributed by atoms with van der Waals surface area (Å²) in [6, 6.07) is 0.157. The summed E-state index contributed by atoms with van der Waals surface area (Å²) in [4.78, 5) is 22.6. The third-order valence-electron chi connectivity index (χ3n) is 2.46. The number of hydrogen-bond donors (Lipinski definition) is 3. The van der Waals surface area contributed by atoms with Crippen molar-refractivity contribution in [1.29, 1.82) is 0 Å². The molecule has 1 saturated heterocycles. The molecule has 0 unspecified atom stereocenters. The van der Waals surface area contributed by atoms with E-state index in [4.69, 9.17) is 0 Å². The molecule has 2 amide bonds. The van der Waals surface area contributed by atoms with E-state index >= 15 is 0 Å². The minimum Gasteiger partial charge on any atom is -0.356 e. The van der Waals surface area contributed by atoms with Gasteiger partial charge >= 0.3 is 0 Å². The molecule has 1 heterocycles. The highest BCUT2D eigenvalue weighted by Crippen LogP contribution is 2.07. The maximum atomic E-state index is 11.4. The highest BCUT2D eigenvalue weighted by atomic mass is 16.2. The summed E-state index contributed by atoms with van der Waals surface area (Å²) in [6.45, 7) is 6.13. The van der Waals surface area contributed by atoms with Crippen LogP contribution < -0.4 is 16.0 Å². The molecule has 0 aromatic rings. The zero-order valence-corrected chi connectivity index (χ0v) is 10.0. The molecule has 0 aliphatic carbocycles. The first-order chi connectivity index (χ1) is 7.58. The zero-order valence-electron chi connectivity index (χ0n) is 10.0. The largest absolute Gasteiger partial charge is 0.356 e. The van der Waals surface area contributed by atoms with Gasteiger partial charge in [0.1, 0.15) is 0 Å². The normalized spacial score (nSPS) is 15.7. The van der Waals surface area contributed by atoms with Crippen LogP contribution in [0.15, 0.2) is 0 Å². The zero-order chi connectivity index (χ0) is 12.0. The van der Waals surface area contributed by atoms with Crippen molar-refractivity contribution in [3.8, 4) is 0 Å². The minimum atomic E-state index is -0.0133. The Labute approximate surface area is 96.4 Å². The van der Waals surface area contributed by atoms with Crippen LogP contribution in [-0.4, -0.2) is 37.5 Å². The lowest BCUT2D eigenvalue weighted by molar-refractivity contribution is -0.123. The summed E-state index contributed by atoms with van der Waals surface area (Å²) in [7, 11) is 0. The molecule has 0 bridgehead atoms. The molecule has 3 N–H and O–H groups in total. The predicted molar refractivity (Wildman–Crippen MR) is 61.9 cm³/mol. The molecule has 0 radical (unpaired) electrons. The molecule has 5 nitrogen and oxygen atoms in total. The van der Waals surface area contributed by atoms with Gasteiger partial charge in [-0.1, -0.05) is 0 Å². The molecular weight excluding hydrogens is 206 g/mol. The van der Waals surface area contributed by atoms with E-state index in [0.29, 0.717) is 25.3 Å². The lowest BCUT2D eigenvalue weighted by Crippen LogP contribution is -2.44. The lowest BCUT2D eigenvalue weighted by atomic mass is 9.99. The Balaban J connectivity index is 2.01. The van der Waals surface area contributed by atoms with Gasteiger partial charge in [-0.05, 0) is 32.9 Å². The second-order valence-electron chi connectivity index (χ2n) is 4.55. The van der Waals surface area contributed by atoms with Gasteiger partial charge in [-0.2, -0.15) is 0 Å². The van der Waals surface area contributed by atoms with E-state index in [1.54, 1.807) is 0 Å². The van der Waals surface area contributed by atoms with Gasteiger partial charge in [0.05, 0.1) is 0 Å². The molecular formula is C11H21N3O2. The van der Waals surface area contributed by atoms with Gasteiger partial charge in [-0.15, -0.1) is 0 Å². The molecule has 92 valence electrons. The van der Waals surface area contributed by atoms with Gasteiger partial charge in [-0.3, -0.25) is 9.59 Å². The maximum Gasteiger partial charge on any atom is 0.221 e. The van der Waals surface area contributed by atoms with E-state index in [9.17, 15) is 9.59 Å². The maximum absolute atomic E-state index is 11.4. The van der Waals surface area contributed by atoms with Gasteiger partial charge in [-0.25, -0.2) is 0 Å². The van der Waals surface area contributed by atoms with Gasteiger partial charge in [0.15, 0.2) is 0 Å². The smallest absolute Gasteiger partial charge is 0.221 e. The first-order valence-corrected chi connectivity index (χ1v) is 5.84. The molecule has 1 aliphatic rings. The van der Waals surface area contributed by atoms with E-state index in [2.05, 4.69) is 16.0 Å². The molecule has 5 heteroatoms. The minimum absolute atomic E-state index is 0.0133. The Morgan fingerprint density at radius 1 is 1.31 bits per heavy atom. The van der Waals surface area contributed by atoms with Crippen molar-refractivity contribution in [3.05, 3.63) is 0 Å². The van der Waals surface area contributed by atoms with Gasteiger partial charge in [0.2, 0.25) is 11.8 Å². The average molecular weight is 227 g/mol. The fraction of sp³-hybridized carbons (Fsp3) is 0.818. The summed E-state index contributed by atoms with van der Waals surface area (Å²) >= 11 is 0. The van der Waals surface area contributed by atoms with Crippen molar-refractivity contribution in [2.24, 2.45) is 5.92 Å². The Morgan fingerprint density at radius 2 is 2.00 bits per heavy atom. The van der Waals surface area contributed by atoms with Crippen LogP contribution in [0.1, 0.15) is 26.7 Å². The van der Waals surface area contributed by atoms with Gasteiger partial charge in [0.25, 0.3) is 0 Å². The lowest BCUT2D eigenvalue weighted by Gasteiger charge is -2.26. The molecule has 16 heavy (non-hydrogen) atoms. The standard InChI is InChI=1S/C11H21N3O2/c1-8(2)14-10(15)3-4-13-11(16)5-9-6-12-7-9/h8-9,12H,3-7H2,1-2H3,(H,13,16)(H,14,15). The van der Waals surface area contributed by atoms with Crippen LogP contribution in [0.2, 0.25) is 0 Å². The molecule has 1 fully saturated rings. The Morgan fingerprint density at radius 3 is 2.50 bits per heavy atom. The molecule has 0 atom stereocenters. The Hall–Kier alpha value is -1.10. The van der Waals surface area contributed by atoms with E-state index in [-0.39, 0.29) is 17.9 Å². The van der Waals surface area contributed by atoms with Gasteiger partial charge in [0, 0.05) is 25.4 Å². The van der Waals surface area contributed by atoms with Crippen molar-refractivity contribution >= 4 is 11.8 Å². The van der Waals surface area contributed by atoms with Crippen LogP contribution in [0.4, 0.5) is 0 Å². The third kappa shape index (κ3) is 5.11. The topological polar surface area (TPSA) is 70.2 Å². The van der Waals surface area contributed by atoms with Crippen molar-refractivity contribution in [3.63, 3.8) is 0 Å². The number of hydrogen-bond acceptors (Lipinski definition) is 3. The van der Waals surface area contributed by atoms with Gasteiger partial charge < -0.3 is 16.0 Å². The van der Waals surface area contributed by atoms with E-state index in [1.807, 2.05) is 13.8 Å². The van der Waals surface area contributed by atoms with Crippen LogP contribution in [0.5, 0.6) is 0 Å². The van der Waals surface area contributed by atoms with Crippen LogP contribution in [0.3, 0.4) is 0 Å². The van der Waals surface area contributed by atoms with Crippen LogP contribution in [0, 0.1) is 5.92 Å².